The van der Waals surface area contributed by atoms with Gasteiger partial charge in [-0.25, -0.2) is 0 Å². The quantitative estimate of drug-likeness (QED) is 0.141. The van der Waals surface area contributed by atoms with Gasteiger partial charge in [-0.2, -0.15) is 0 Å². The van der Waals surface area contributed by atoms with Crippen LogP contribution in [0.2, 0.25) is 0 Å². The molecule has 12 heteroatoms. The van der Waals surface area contributed by atoms with E-state index >= 15 is 0 Å². The van der Waals surface area contributed by atoms with E-state index in [0.29, 0.717) is 12.8 Å². The number of nitro benzene ring substituents is 2. The first-order chi connectivity index (χ1) is 19.1. The highest BCUT2D eigenvalue weighted by Crippen LogP contribution is 2.34. The maximum atomic E-state index is 12.8. The largest absolute Gasteiger partial charge is 0.282 e. The van der Waals surface area contributed by atoms with Crippen molar-refractivity contribution in [3.8, 4) is 0 Å². The molecular formula is C28H30N4O8. The minimum Gasteiger partial charge on any atom is -0.271 e. The van der Waals surface area contributed by atoms with Crippen LogP contribution < -0.4 is 0 Å². The molecule has 0 saturated carbocycles. The van der Waals surface area contributed by atoms with Gasteiger partial charge in [0, 0.05) is 24.2 Å². The van der Waals surface area contributed by atoms with E-state index in [1.54, 1.807) is 13.8 Å². The Bertz CT molecular complexity index is 1300. The lowest BCUT2D eigenvalue weighted by Crippen LogP contribution is -2.38. The van der Waals surface area contributed by atoms with Gasteiger partial charge >= 0.3 is 0 Å². The van der Waals surface area contributed by atoms with Crippen LogP contribution in [0, 0.1) is 20.2 Å². The van der Waals surface area contributed by atoms with Crippen LogP contribution >= 0.6 is 0 Å². The van der Waals surface area contributed by atoms with Gasteiger partial charge in [0.2, 0.25) is 0 Å². The summed E-state index contributed by atoms with van der Waals surface area (Å²) in [4.78, 5) is 74.6. The fourth-order valence-electron chi connectivity index (χ4n) is 5.52. The van der Waals surface area contributed by atoms with E-state index in [4.69, 9.17) is 0 Å². The first kappa shape index (κ1) is 28.5. The average molecular weight is 551 g/mol. The Morgan fingerprint density at radius 1 is 0.600 bits per heavy atom. The molecule has 0 aliphatic carbocycles. The summed E-state index contributed by atoms with van der Waals surface area (Å²) >= 11 is 0. The Labute approximate surface area is 230 Å². The normalized spacial score (nSPS) is 15.8. The number of rotatable bonds is 13. The number of carbonyl (C=O) groups is 4. The Hall–Kier alpha value is -4.48. The molecule has 40 heavy (non-hydrogen) atoms. The van der Waals surface area contributed by atoms with Crippen molar-refractivity contribution in [3.63, 3.8) is 0 Å². The third-order valence-electron chi connectivity index (χ3n) is 7.62. The molecule has 210 valence electrons. The lowest BCUT2D eigenvalue weighted by Gasteiger charge is -2.22. The Balaban J connectivity index is 1.17. The standard InChI is InChI=1S/C28H30N4O8/c1-17(29-25(33)19-13-9-15-21(31(37)38)23(19)27(29)35)11-7-5-3-4-6-8-12-18(2)30-26(34)20-14-10-16-22(32(39)40)24(20)28(30)36/h9-10,13-18H,3-8,11-12H2,1-2H3. The highest BCUT2D eigenvalue weighted by Gasteiger charge is 2.44. The minimum atomic E-state index is -0.648. The van der Waals surface area contributed by atoms with Gasteiger partial charge in [-0.1, -0.05) is 50.7 Å². The van der Waals surface area contributed by atoms with Gasteiger partial charge in [0.25, 0.3) is 35.0 Å². The van der Waals surface area contributed by atoms with Crippen LogP contribution in [0.3, 0.4) is 0 Å². The molecule has 0 N–H and O–H groups in total. The van der Waals surface area contributed by atoms with Crippen molar-refractivity contribution in [2.24, 2.45) is 0 Å². The summed E-state index contributed by atoms with van der Waals surface area (Å²) in [6.45, 7) is 3.53. The molecule has 2 atom stereocenters. The number of benzene rings is 2. The molecule has 0 radical (unpaired) electrons. The Morgan fingerprint density at radius 2 is 0.950 bits per heavy atom. The molecule has 2 aliphatic heterocycles. The Morgan fingerprint density at radius 3 is 1.30 bits per heavy atom. The maximum Gasteiger partial charge on any atom is 0.282 e. The summed E-state index contributed by atoms with van der Waals surface area (Å²) in [5, 5.41) is 22.6. The van der Waals surface area contributed by atoms with Gasteiger partial charge in [-0.15, -0.1) is 0 Å². The molecule has 4 amide bonds. The Kier molecular flexibility index (Phi) is 8.36. The monoisotopic (exact) mass is 550 g/mol. The van der Waals surface area contributed by atoms with Gasteiger partial charge in [0.05, 0.1) is 21.0 Å². The number of nitro groups is 2. The van der Waals surface area contributed by atoms with Crippen LogP contribution in [0.1, 0.15) is 107 Å². The zero-order valence-electron chi connectivity index (χ0n) is 22.3. The van der Waals surface area contributed by atoms with Crippen LogP contribution in [0.15, 0.2) is 36.4 Å². The van der Waals surface area contributed by atoms with Crippen molar-refractivity contribution in [2.75, 3.05) is 0 Å². The van der Waals surface area contributed by atoms with Crippen LogP contribution in [0.4, 0.5) is 11.4 Å². The van der Waals surface area contributed by atoms with Crippen LogP contribution in [-0.2, 0) is 0 Å². The van der Waals surface area contributed by atoms with Crippen LogP contribution in [0.25, 0.3) is 0 Å². The van der Waals surface area contributed by atoms with Crippen molar-refractivity contribution in [1.82, 2.24) is 9.80 Å². The number of hydrogen-bond donors (Lipinski definition) is 0. The number of hydrogen-bond acceptors (Lipinski definition) is 8. The van der Waals surface area contributed by atoms with Crippen LogP contribution in [0.5, 0.6) is 0 Å². The second-order valence-corrected chi connectivity index (χ2v) is 10.3. The molecule has 0 aromatic heterocycles. The smallest absolute Gasteiger partial charge is 0.271 e. The maximum absolute atomic E-state index is 12.8. The molecule has 2 heterocycles. The second-order valence-electron chi connectivity index (χ2n) is 10.3. The molecule has 0 bridgehead atoms. The van der Waals surface area contributed by atoms with E-state index in [9.17, 15) is 39.4 Å². The molecule has 12 nitrogen and oxygen atoms in total. The number of fused-ring (bicyclic) bond motifs is 2. The van der Waals surface area contributed by atoms with E-state index in [1.807, 2.05) is 0 Å². The highest BCUT2D eigenvalue weighted by atomic mass is 16.6. The van der Waals surface area contributed by atoms with E-state index in [2.05, 4.69) is 0 Å². The van der Waals surface area contributed by atoms with E-state index in [0.717, 1.165) is 48.3 Å². The summed E-state index contributed by atoms with van der Waals surface area (Å²) in [5.74, 6) is -2.25. The lowest BCUT2D eigenvalue weighted by molar-refractivity contribution is -0.385. The molecule has 0 spiro atoms. The number of carbonyl (C=O) groups excluding carboxylic acids is 4. The van der Waals surface area contributed by atoms with E-state index in [-0.39, 0.29) is 45.7 Å². The van der Waals surface area contributed by atoms with Gasteiger partial charge in [0.15, 0.2) is 0 Å². The van der Waals surface area contributed by atoms with Gasteiger partial charge in [-0.05, 0) is 38.8 Å². The minimum absolute atomic E-state index is 0.0692. The number of imide groups is 2. The second kappa shape index (κ2) is 11.7. The molecule has 2 aromatic carbocycles. The van der Waals surface area contributed by atoms with Crippen molar-refractivity contribution in [2.45, 2.75) is 77.3 Å². The average Bonchev–Trinajstić information content (AvgIpc) is 3.33. The predicted molar refractivity (Wildman–Crippen MR) is 143 cm³/mol. The molecule has 2 aromatic rings. The van der Waals surface area contributed by atoms with Gasteiger partial charge in [0.1, 0.15) is 11.1 Å². The summed E-state index contributed by atoms with van der Waals surface area (Å²) < 4.78 is 0. The molecule has 2 unspecified atom stereocenters. The molecule has 2 aliphatic rings. The SMILES string of the molecule is CC(CCCCCCCCC(C)N1C(=O)c2cccc([N+](=O)[O-])c2C1=O)N1C(=O)c2cccc([N+](=O)[O-])c2C1=O. The summed E-state index contributed by atoms with van der Waals surface area (Å²) in [5.41, 5.74) is -0.858. The van der Waals surface area contributed by atoms with Gasteiger partial charge < -0.3 is 0 Å². The zero-order valence-corrected chi connectivity index (χ0v) is 22.3. The van der Waals surface area contributed by atoms with Crippen molar-refractivity contribution >= 4 is 35.0 Å². The van der Waals surface area contributed by atoms with Gasteiger partial charge in [-0.3, -0.25) is 49.2 Å². The van der Waals surface area contributed by atoms with Crippen molar-refractivity contribution in [1.29, 1.82) is 0 Å². The third-order valence-corrected chi connectivity index (χ3v) is 7.62. The van der Waals surface area contributed by atoms with E-state index < -0.39 is 33.5 Å². The fraction of sp³-hybridized carbons (Fsp3) is 0.429. The summed E-state index contributed by atoms with van der Waals surface area (Å²) in [6.07, 6.45) is 6.34. The third kappa shape index (κ3) is 5.21. The highest BCUT2D eigenvalue weighted by molar-refractivity contribution is 6.24. The van der Waals surface area contributed by atoms with Crippen LogP contribution in [-0.4, -0.2) is 55.4 Å². The first-order valence-electron chi connectivity index (χ1n) is 13.4. The number of nitrogens with zero attached hydrogens (tertiary/aromatic N) is 4. The fourth-order valence-corrected chi connectivity index (χ4v) is 5.52. The van der Waals surface area contributed by atoms with Crippen molar-refractivity contribution < 1.29 is 29.0 Å². The first-order valence-corrected chi connectivity index (χ1v) is 13.4. The summed E-state index contributed by atoms with van der Waals surface area (Å²) in [7, 11) is 0. The predicted octanol–water partition coefficient (Wildman–Crippen LogP) is 5.29. The van der Waals surface area contributed by atoms with Crippen molar-refractivity contribution in [3.05, 3.63) is 78.9 Å². The zero-order chi connectivity index (χ0) is 29.1. The topological polar surface area (TPSA) is 161 Å². The molecule has 0 saturated heterocycles. The number of amides is 4. The van der Waals surface area contributed by atoms with E-state index in [1.165, 1.54) is 36.4 Å². The molecular weight excluding hydrogens is 520 g/mol. The summed E-state index contributed by atoms with van der Waals surface area (Å²) in [6, 6.07) is 7.37. The molecule has 4 rings (SSSR count). The lowest BCUT2D eigenvalue weighted by atomic mass is 10.0. The molecule has 0 fully saturated rings. The number of unbranched alkanes of at least 4 members (excludes halogenated alkanes) is 5.